The molecule has 4 atom stereocenters. The number of amides is 2. The summed E-state index contributed by atoms with van der Waals surface area (Å²) in [5.74, 6) is -1.36. The molecule has 0 aliphatic carbocycles. The number of hydrogen-bond donors (Lipinski definition) is 0. The predicted octanol–water partition coefficient (Wildman–Crippen LogP) is 3.60. The van der Waals surface area contributed by atoms with Gasteiger partial charge in [0, 0.05) is 17.6 Å². The fourth-order valence-corrected chi connectivity index (χ4v) is 5.03. The van der Waals surface area contributed by atoms with Crippen molar-refractivity contribution in [3.63, 3.8) is 0 Å². The van der Waals surface area contributed by atoms with Gasteiger partial charge < -0.3 is 4.90 Å². The lowest BCUT2D eigenvalue weighted by atomic mass is 9.79. The Morgan fingerprint density at radius 1 is 1.10 bits per heavy atom. The summed E-state index contributed by atoms with van der Waals surface area (Å²) in [6.45, 7) is 10.2. The summed E-state index contributed by atoms with van der Waals surface area (Å²) >= 11 is 0. The van der Waals surface area contributed by atoms with Gasteiger partial charge in [0.2, 0.25) is 11.8 Å². The molecule has 2 fully saturated rings. The fourth-order valence-electron chi connectivity index (χ4n) is 5.03. The second kappa shape index (κ2) is 6.82. The Kier molecular flexibility index (Phi) is 4.67. The quantitative estimate of drug-likeness (QED) is 0.732. The van der Waals surface area contributed by atoms with Crippen molar-refractivity contribution in [3.8, 4) is 0 Å². The van der Waals surface area contributed by atoms with Gasteiger partial charge in [-0.05, 0) is 31.0 Å². The Hall–Kier alpha value is -2.43. The molecule has 0 bridgehead atoms. The number of imide groups is 1. The van der Waals surface area contributed by atoms with Crippen LogP contribution in [0.25, 0.3) is 6.08 Å². The number of anilines is 1. The van der Waals surface area contributed by atoms with Gasteiger partial charge >= 0.3 is 0 Å². The average molecular weight is 395 g/mol. The van der Waals surface area contributed by atoms with Crippen molar-refractivity contribution in [3.05, 3.63) is 35.4 Å². The zero-order chi connectivity index (χ0) is 21.1. The minimum atomic E-state index is -0.612. The smallest absolute Gasteiger partial charge is 0.235 e. The van der Waals surface area contributed by atoms with Crippen LogP contribution in [0.4, 0.5) is 5.69 Å². The molecule has 5 heteroatoms. The lowest BCUT2D eigenvalue weighted by Gasteiger charge is -2.38. The number of unbranched alkanes of at least 4 members (excludes halogenated alkanes) is 1. The Bertz CT molecular complexity index is 911. The van der Waals surface area contributed by atoms with E-state index in [9.17, 15) is 14.4 Å². The van der Waals surface area contributed by atoms with Gasteiger partial charge in [-0.25, -0.2) is 0 Å². The molecule has 0 unspecified atom stereocenters. The number of rotatable bonds is 4. The minimum absolute atomic E-state index is 0.0234. The summed E-state index contributed by atoms with van der Waals surface area (Å²) in [5, 5.41) is 0. The zero-order valence-corrected chi connectivity index (χ0v) is 17.9. The highest BCUT2D eigenvalue weighted by Crippen LogP contribution is 2.49. The SMILES string of the molecule is CCCCN1C(=O)[C@@H]2[C@H](C1=O)[C@@H](C(=O)C(C)(C)C)N1c3ccc(C)cc3C=C[C@H]21. The van der Waals surface area contributed by atoms with Crippen molar-refractivity contribution in [2.24, 2.45) is 17.3 Å². The van der Waals surface area contributed by atoms with E-state index < -0.39 is 23.3 Å². The standard InChI is InChI=1S/C24H30N2O3/c1-6-7-12-25-22(28)18-17-11-9-15-13-14(2)8-10-16(15)26(17)20(19(18)23(25)29)21(27)24(3,4)5/h8-11,13,17-20H,6-7,12H2,1-5H3/t17-,18+,19+,20+/m1/s1. The van der Waals surface area contributed by atoms with Crippen molar-refractivity contribution >= 4 is 29.4 Å². The molecule has 0 spiro atoms. The van der Waals surface area contributed by atoms with Crippen LogP contribution in [0.15, 0.2) is 24.3 Å². The number of likely N-dealkylation sites (tertiary alicyclic amines) is 1. The summed E-state index contributed by atoms with van der Waals surface area (Å²) in [7, 11) is 0. The monoisotopic (exact) mass is 394 g/mol. The topological polar surface area (TPSA) is 57.7 Å². The summed E-state index contributed by atoms with van der Waals surface area (Å²) < 4.78 is 0. The number of ketones is 1. The molecule has 29 heavy (non-hydrogen) atoms. The Labute approximate surface area is 172 Å². The first-order valence-corrected chi connectivity index (χ1v) is 10.6. The van der Waals surface area contributed by atoms with Gasteiger partial charge in [0.05, 0.1) is 17.9 Å². The molecule has 0 N–H and O–H groups in total. The minimum Gasteiger partial charge on any atom is -0.353 e. The molecule has 0 saturated carbocycles. The largest absolute Gasteiger partial charge is 0.353 e. The molecule has 1 aromatic rings. The lowest BCUT2D eigenvalue weighted by Crippen LogP contribution is -2.51. The number of Topliss-reactive ketones (excluding diaryl/α,β-unsaturated/α-hetero) is 1. The van der Waals surface area contributed by atoms with Crippen LogP contribution >= 0.6 is 0 Å². The van der Waals surface area contributed by atoms with E-state index in [0.717, 1.165) is 29.7 Å². The third-order valence-electron chi connectivity index (χ3n) is 6.50. The second-order valence-electron chi connectivity index (χ2n) is 9.61. The summed E-state index contributed by atoms with van der Waals surface area (Å²) in [6.07, 6.45) is 5.76. The number of nitrogens with zero attached hydrogens (tertiary/aromatic N) is 2. The number of aryl methyl sites for hydroxylation is 1. The van der Waals surface area contributed by atoms with Crippen LogP contribution in [0.3, 0.4) is 0 Å². The summed E-state index contributed by atoms with van der Waals surface area (Å²) in [5.41, 5.74) is 2.52. The maximum Gasteiger partial charge on any atom is 0.235 e. The van der Waals surface area contributed by atoms with E-state index in [1.165, 1.54) is 4.90 Å². The Morgan fingerprint density at radius 2 is 1.79 bits per heavy atom. The van der Waals surface area contributed by atoms with Gasteiger partial charge in [-0.2, -0.15) is 0 Å². The number of carbonyl (C=O) groups excluding carboxylic acids is 3. The molecule has 0 radical (unpaired) electrons. The highest BCUT2D eigenvalue weighted by molar-refractivity contribution is 6.11. The van der Waals surface area contributed by atoms with Gasteiger partial charge in [0.15, 0.2) is 5.78 Å². The van der Waals surface area contributed by atoms with Crippen molar-refractivity contribution in [2.75, 3.05) is 11.4 Å². The van der Waals surface area contributed by atoms with Gasteiger partial charge in [-0.15, -0.1) is 0 Å². The summed E-state index contributed by atoms with van der Waals surface area (Å²) in [4.78, 5) is 43.7. The highest BCUT2D eigenvalue weighted by atomic mass is 16.2. The van der Waals surface area contributed by atoms with E-state index in [1.54, 1.807) is 0 Å². The normalized spacial score (nSPS) is 27.9. The average Bonchev–Trinajstić information content (AvgIpc) is 3.12. The first-order valence-electron chi connectivity index (χ1n) is 10.6. The second-order valence-corrected chi connectivity index (χ2v) is 9.61. The number of hydrogen-bond acceptors (Lipinski definition) is 4. The Balaban J connectivity index is 1.83. The number of carbonyl (C=O) groups is 3. The maximum absolute atomic E-state index is 13.6. The first-order chi connectivity index (χ1) is 13.7. The molecular weight excluding hydrogens is 364 g/mol. The molecule has 2 amide bonds. The molecular formula is C24H30N2O3. The van der Waals surface area contributed by atoms with Crippen LogP contribution < -0.4 is 4.90 Å². The number of benzene rings is 1. The molecule has 154 valence electrons. The van der Waals surface area contributed by atoms with Gasteiger partial charge in [0.1, 0.15) is 6.04 Å². The van der Waals surface area contributed by atoms with Crippen LogP contribution in [-0.4, -0.2) is 41.1 Å². The van der Waals surface area contributed by atoms with Crippen molar-refractivity contribution < 1.29 is 14.4 Å². The molecule has 4 rings (SSSR count). The van der Waals surface area contributed by atoms with Gasteiger partial charge in [0.25, 0.3) is 0 Å². The highest BCUT2D eigenvalue weighted by Gasteiger charge is 2.64. The molecule has 3 aliphatic heterocycles. The maximum atomic E-state index is 13.6. The molecule has 5 nitrogen and oxygen atoms in total. The van der Waals surface area contributed by atoms with Crippen LogP contribution in [0.2, 0.25) is 0 Å². The van der Waals surface area contributed by atoms with Crippen molar-refractivity contribution in [2.45, 2.75) is 59.5 Å². The number of fused-ring (bicyclic) bond motifs is 5. The molecule has 3 aliphatic rings. The fraction of sp³-hybridized carbons (Fsp3) is 0.542. The van der Waals surface area contributed by atoms with Crippen molar-refractivity contribution in [1.82, 2.24) is 4.90 Å². The van der Waals surface area contributed by atoms with Gasteiger partial charge in [-0.1, -0.05) is 57.9 Å². The molecule has 3 heterocycles. The lowest BCUT2D eigenvalue weighted by molar-refractivity contribution is -0.142. The summed E-state index contributed by atoms with van der Waals surface area (Å²) in [6, 6.07) is 5.27. The third-order valence-corrected chi connectivity index (χ3v) is 6.50. The van der Waals surface area contributed by atoms with E-state index in [-0.39, 0.29) is 23.6 Å². The van der Waals surface area contributed by atoms with Crippen LogP contribution in [-0.2, 0) is 14.4 Å². The van der Waals surface area contributed by atoms with Crippen LogP contribution in [0.1, 0.15) is 51.7 Å². The van der Waals surface area contributed by atoms with E-state index in [2.05, 4.69) is 11.0 Å². The molecule has 1 aromatic carbocycles. The van der Waals surface area contributed by atoms with E-state index in [4.69, 9.17) is 0 Å². The van der Waals surface area contributed by atoms with E-state index >= 15 is 0 Å². The Morgan fingerprint density at radius 3 is 2.45 bits per heavy atom. The van der Waals surface area contributed by atoms with E-state index in [0.29, 0.717) is 6.54 Å². The van der Waals surface area contributed by atoms with Gasteiger partial charge in [-0.3, -0.25) is 19.3 Å². The molecule has 0 aromatic heterocycles. The third kappa shape index (κ3) is 2.93. The zero-order valence-electron chi connectivity index (χ0n) is 17.9. The molecule has 2 saturated heterocycles. The predicted molar refractivity (Wildman–Crippen MR) is 113 cm³/mol. The first kappa shape index (κ1) is 19.9. The van der Waals surface area contributed by atoms with Crippen LogP contribution in [0, 0.1) is 24.2 Å². The van der Waals surface area contributed by atoms with Crippen LogP contribution in [0.5, 0.6) is 0 Å². The van der Waals surface area contributed by atoms with E-state index in [1.807, 2.05) is 58.9 Å². The van der Waals surface area contributed by atoms with Crippen molar-refractivity contribution in [1.29, 1.82) is 0 Å².